The molecule has 19 heavy (non-hydrogen) atoms. The molecule has 98 valence electrons. The van der Waals surface area contributed by atoms with Crippen molar-refractivity contribution in [3.05, 3.63) is 62.8 Å². The van der Waals surface area contributed by atoms with E-state index in [-0.39, 0.29) is 15.6 Å². The maximum Gasteiger partial charge on any atom is 0.199 e. The molecule has 0 aromatic heterocycles. The Morgan fingerprint density at radius 2 is 2.00 bits per heavy atom. The topological polar surface area (TPSA) is 26.3 Å². The van der Waals surface area contributed by atoms with Crippen molar-refractivity contribution < 1.29 is 13.9 Å². The molecule has 0 atom stereocenters. The molecule has 2 rings (SSSR count). The zero-order chi connectivity index (χ0) is 14.0. The van der Waals surface area contributed by atoms with E-state index >= 15 is 0 Å². The number of ether oxygens (including phenoxy) is 1. The SMILES string of the molecule is COc1cc(Cl)ccc1C(=O)c1cccc(Br)c1F. The van der Waals surface area contributed by atoms with Gasteiger partial charge in [0.2, 0.25) is 0 Å². The molecule has 0 saturated heterocycles. The van der Waals surface area contributed by atoms with Gasteiger partial charge in [-0.05, 0) is 46.3 Å². The Labute approximate surface area is 123 Å². The van der Waals surface area contributed by atoms with Gasteiger partial charge >= 0.3 is 0 Å². The summed E-state index contributed by atoms with van der Waals surface area (Å²) in [7, 11) is 1.43. The van der Waals surface area contributed by atoms with Gasteiger partial charge in [0.25, 0.3) is 0 Å². The van der Waals surface area contributed by atoms with Crippen LogP contribution >= 0.6 is 27.5 Å². The molecule has 0 aliphatic rings. The van der Waals surface area contributed by atoms with Gasteiger partial charge in [-0.25, -0.2) is 4.39 Å². The molecule has 0 spiro atoms. The fraction of sp³-hybridized carbons (Fsp3) is 0.0714. The van der Waals surface area contributed by atoms with E-state index < -0.39 is 11.6 Å². The van der Waals surface area contributed by atoms with E-state index in [2.05, 4.69) is 15.9 Å². The van der Waals surface area contributed by atoms with Gasteiger partial charge < -0.3 is 4.74 Å². The Hall–Kier alpha value is -1.39. The van der Waals surface area contributed by atoms with Crippen molar-refractivity contribution >= 4 is 33.3 Å². The average Bonchev–Trinajstić information content (AvgIpc) is 2.41. The number of benzene rings is 2. The van der Waals surface area contributed by atoms with Crippen LogP contribution in [0.4, 0.5) is 4.39 Å². The molecule has 0 N–H and O–H groups in total. The monoisotopic (exact) mass is 342 g/mol. The highest BCUT2D eigenvalue weighted by Crippen LogP contribution is 2.27. The van der Waals surface area contributed by atoms with Gasteiger partial charge in [0.05, 0.1) is 22.7 Å². The number of carbonyl (C=O) groups excluding carboxylic acids is 1. The summed E-state index contributed by atoms with van der Waals surface area (Å²) in [5, 5.41) is 0.447. The minimum atomic E-state index is -0.593. The molecule has 0 heterocycles. The van der Waals surface area contributed by atoms with Crippen molar-refractivity contribution in [2.24, 2.45) is 0 Å². The van der Waals surface area contributed by atoms with Gasteiger partial charge in [0.1, 0.15) is 11.6 Å². The van der Waals surface area contributed by atoms with Crippen LogP contribution in [0.3, 0.4) is 0 Å². The third-order valence-corrected chi connectivity index (χ3v) is 3.45. The van der Waals surface area contributed by atoms with Crippen LogP contribution in [-0.2, 0) is 0 Å². The fourth-order valence-electron chi connectivity index (χ4n) is 1.68. The Morgan fingerprint density at radius 3 is 2.68 bits per heavy atom. The molecule has 0 amide bonds. The van der Waals surface area contributed by atoms with Crippen molar-refractivity contribution in [1.82, 2.24) is 0 Å². The standard InChI is InChI=1S/C14H9BrClFO2/c1-19-12-7-8(16)5-6-9(12)14(18)10-3-2-4-11(15)13(10)17/h2-7H,1H3. The lowest BCUT2D eigenvalue weighted by Gasteiger charge is -2.09. The third kappa shape index (κ3) is 2.80. The van der Waals surface area contributed by atoms with E-state index in [0.29, 0.717) is 10.8 Å². The molecule has 0 radical (unpaired) electrons. The molecule has 0 unspecified atom stereocenters. The number of hydrogen-bond acceptors (Lipinski definition) is 2. The second-order valence-corrected chi connectivity index (χ2v) is 5.07. The normalized spacial score (nSPS) is 10.3. The van der Waals surface area contributed by atoms with E-state index in [1.165, 1.54) is 31.4 Å². The maximum absolute atomic E-state index is 13.9. The molecule has 2 aromatic rings. The number of methoxy groups -OCH3 is 1. The summed E-state index contributed by atoms with van der Waals surface area (Å²) in [4.78, 5) is 12.3. The molecular formula is C14H9BrClFO2. The Bertz CT molecular complexity index is 643. The molecule has 0 aliphatic carbocycles. The van der Waals surface area contributed by atoms with Gasteiger partial charge in [-0.15, -0.1) is 0 Å². The van der Waals surface area contributed by atoms with Crippen molar-refractivity contribution in [2.45, 2.75) is 0 Å². The van der Waals surface area contributed by atoms with Crippen molar-refractivity contribution in [3.63, 3.8) is 0 Å². The number of carbonyl (C=O) groups is 1. The van der Waals surface area contributed by atoms with Gasteiger partial charge in [0.15, 0.2) is 5.78 Å². The summed E-state index contributed by atoms with van der Waals surface area (Å²) in [6, 6.07) is 9.16. The highest BCUT2D eigenvalue weighted by Gasteiger charge is 2.19. The molecule has 0 saturated carbocycles. The van der Waals surface area contributed by atoms with Gasteiger partial charge in [-0.1, -0.05) is 17.7 Å². The van der Waals surface area contributed by atoms with E-state index in [1.54, 1.807) is 12.1 Å². The van der Waals surface area contributed by atoms with Crippen LogP contribution in [0.25, 0.3) is 0 Å². The molecule has 5 heteroatoms. The summed E-state index contributed by atoms with van der Waals surface area (Å²) in [6.07, 6.45) is 0. The number of rotatable bonds is 3. The summed E-state index contributed by atoms with van der Waals surface area (Å²) in [6.45, 7) is 0. The summed E-state index contributed by atoms with van der Waals surface area (Å²) >= 11 is 8.88. The first-order chi connectivity index (χ1) is 9.04. The maximum atomic E-state index is 13.9. The summed E-state index contributed by atoms with van der Waals surface area (Å²) in [5.41, 5.74) is 0.249. The van der Waals surface area contributed by atoms with Crippen LogP contribution in [0, 0.1) is 5.82 Å². The fourth-order valence-corrected chi connectivity index (χ4v) is 2.21. The summed E-state index contributed by atoms with van der Waals surface area (Å²) < 4.78 is 19.3. The lowest BCUT2D eigenvalue weighted by molar-refractivity contribution is 0.103. The highest BCUT2D eigenvalue weighted by atomic mass is 79.9. The van der Waals surface area contributed by atoms with E-state index in [0.717, 1.165) is 0 Å². The van der Waals surface area contributed by atoms with Crippen molar-refractivity contribution in [1.29, 1.82) is 0 Å². The van der Waals surface area contributed by atoms with Gasteiger partial charge in [-0.3, -0.25) is 4.79 Å². The second-order valence-electron chi connectivity index (χ2n) is 3.78. The molecule has 0 fully saturated rings. The van der Waals surface area contributed by atoms with E-state index in [1.807, 2.05) is 0 Å². The van der Waals surface area contributed by atoms with Crippen LogP contribution in [-0.4, -0.2) is 12.9 Å². The predicted molar refractivity (Wildman–Crippen MR) is 75.5 cm³/mol. The first kappa shape index (κ1) is 14.0. The zero-order valence-corrected chi connectivity index (χ0v) is 12.3. The van der Waals surface area contributed by atoms with Crippen LogP contribution in [0.1, 0.15) is 15.9 Å². The van der Waals surface area contributed by atoms with Gasteiger partial charge in [-0.2, -0.15) is 0 Å². The van der Waals surface area contributed by atoms with Crippen molar-refractivity contribution in [2.75, 3.05) is 7.11 Å². The predicted octanol–water partition coefficient (Wildman–Crippen LogP) is 4.48. The smallest absolute Gasteiger partial charge is 0.199 e. The van der Waals surface area contributed by atoms with E-state index in [9.17, 15) is 9.18 Å². The highest BCUT2D eigenvalue weighted by molar-refractivity contribution is 9.10. The Balaban J connectivity index is 2.53. The van der Waals surface area contributed by atoms with Crippen molar-refractivity contribution in [3.8, 4) is 5.75 Å². The Morgan fingerprint density at radius 1 is 1.26 bits per heavy atom. The zero-order valence-electron chi connectivity index (χ0n) is 9.91. The van der Waals surface area contributed by atoms with Crippen LogP contribution in [0.15, 0.2) is 40.9 Å². The minimum Gasteiger partial charge on any atom is -0.496 e. The molecule has 2 nitrogen and oxygen atoms in total. The molecular weight excluding hydrogens is 335 g/mol. The largest absolute Gasteiger partial charge is 0.496 e. The second kappa shape index (κ2) is 5.72. The molecule has 0 aliphatic heterocycles. The molecule has 2 aromatic carbocycles. The summed E-state index contributed by atoms with van der Waals surface area (Å²) in [5.74, 6) is -0.728. The van der Waals surface area contributed by atoms with Crippen LogP contribution < -0.4 is 4.74 Å². The van der Waals surface area contributed by atoms with E-state index in [4.69, 9.17) is 16.3 Å². The number of ketones is 1. The quantitative estimate of drug-likeness (QED) is 0.768. The minimum absolute atomic E-state index is 0.0185. The lowest BCUT2D eigenvalue weighted by atomic mass is 10.0. The van der Waals surface area contributed by atoms with Gasteiger partial charge in [0, 0.05) is 5.02 Å². The third-order valence-electron chi connectivity index (χ3n) is 2.60. The molecule has 0 bridgehead atoms. The lowest BCUT2D eigenvalue weighted by Crippen LogP contribution is -2.06. The first-order valence-corrected chi connectivity index (χ1v) is 6.54. The van der Waals surface area contributed by atoms with Crippen LogP contribution in [0.2, 0.25) is 5.02 Å². The van der Waals surface area contributed by atoms with Crippen LogP contribution in [0.5, 0.6) is 5.75 Å². The number of halogens is 3. The number of hydrogen-bond donors (Lipinski definition) is 0. The first-order valence-electron chi connectivity index (χ1n) is 5.37. The average molecular weight is 344 g/mol. The Kier molecular flexibility index (Phi) is 4.22.